The summed E-state index contributed by atoms with van der Waals surface area (Å²) >= 11 is 0. The second kappa shape index (κ2) is 8.10. The summed E-state index contributed by atoms with van der Waals surface area (Å²) in [5.41, 5.74) is 1.30. The van der Waals surface area contributed by atoms with E-state index in [9.17, 15) is 23.2 Å². The standard InChI is InChI=1S/C23H27F2N3O4/c24-23(25)9-10-27(13-23)17-3-1-2-4-19(17)32-15-5-6-16-14(11-15)12-28(22(16)31)18-7-8-20(29)26-21(18)30/h5-6,11,17-19H,1-4,7-10,12-13H2,(H,26,29,30)/t17-,18?,19?/m0/s1. The summed E-state index contributed by atoms with van der Waals surface area (Å²) in [6.45, 7) is 0.457. The maximum Gasteiger partial charge on any atom is 0.261 e. The Hall–Kier alpha value is -2.55. The highest BCUT2D eigenvalue weighted by Crippen LogP contribution is 2.36. The first-order valence-electron chi connectivity index (χ1n) is 11.4. The van der Waals surface area contributed by atoms with Crippen LogP contribution in [0.4, 0.5) is 8.78 Å². The number of hydrogen-bond donors (Lipinski definition) is 1. The van der Waals surface area contributed by atoms with Crippen LogP contribution < -0.4 is 10.1 Å². The third-order valence-electron chi connectivity index (χ3n) is 7.12. The highest BCUT2D eigenvalue weighted by atomic mass is 19.3. The van der Waals surface area contributed by atoms with Crippen molar-refractivity contribution < 1.29 is 27.9 Å². The third-order valence-corrected chi connectivity index (χ3v) is 7.12. The molecule has 9 heteroatoms. The minimum Gasteiger partial charge on any atom is -0.489 e. The number of carbonyl (C=O) groups is 3. The monoisotopic (exact) mass is 447 g/mol. The third kappa shape index (κ3) is 3.98. The number of piperidine rings is 1. The lowest BCUT2D eigenvalue weighted by Crippen LogP contribution is -2.52. The lowest BCUT2D eigenvalue weighted by atomic mass is 9.91. The molecule has 3 fully saturated rings. The number of rotatable bonds is 4. The largest absolute Gasteiger partial charge is 0.489 e. The second-order valence-electron chi connectivity index (χ2n) is 9.30. The van der Waals surface area contributed by atoms with Crippen LogP contribution in [0.25, 0.3) is 0 Å². The lowest BCUT2D eigenvalue weighted by Gasteiger charge is -2.37. The summed E-state index contributed by atoms with van der Waals surface area (Å²) in [7, 11) is 0. The van der Waals surface area contributed by atoms with Gasteiger partial charge in [-0.3, -0.25) is 24.6 Å². The molecule has 3 heterocycles. The minimum absolute atomic E-state index is 0.0352. The number of ether oxygens (including phenoxy) is 1. The molecule has 1 aromatic rings. The van der Waals surface area contributed by atoms with E-state index in [0.717, 1.165) is 31.2 Å². The van der Waals surface area contributed by atoms with Crippen molar-refractivity contribution in [1.82, 2.24) is 15.1 Å². The van der Waals surface area contributed by atoms with E-state index in [-0.39, 0.29) is 49.9 Å². The van der Waals surface area contributed by atoms with Crippen molar-refractivity contribution in [2.24, 2.45) is 0 Å². The summed E-state index contributed by atoms with van der Waals surface area (Å²) in [6, 6.07) is 4.59. The summed E-state index contributed by atoms with van der Waals surface area (Å²) in [4.78, 5) is 39.9. The summed E-state index contributed by atoms with van der Waals surface area (Å²) < 4.78 is 33.8. The van der Waals surface area contributed by atoms with Crippen LogP contribution in [0.3, 0.4) is 0 Å². The molecule has 3 atom stereocenters. The average molecular weight is 447 g/mol. The zero-order valence-electron chi connectivity index (χ0n) is 17.8. The lowest BCUT2D eigenvalue weighted by molar-refractivity contribution is -0.136. The molecule has 1 aromatic carbocycles. The molecule has 7 nitrogen and oxygen atoms in total. The summed E-state index contributed by atoms with van der Waals surface area (Å²) in [5.74, 6) is -2.99. The fraction of sp³-hybridized carbons (Fsp3) is 0.609. The van der Waals surface area contributed by atoms with E-state index in [1.165, 1.54) is 4.90 Å². The molecule has 2 unspecified atom stereocenters. The predicted octanol–water partition coefficient (Wildman–Crippen LogP) is 2.48. The molecular weight excluding hydrogens is 420 g/mol. The normalized spacial score (nSPS) is 30.4. The van der Waals surface area contributed by atoms with Gasteiger partial charge in [-0.25, -0.2) is 8.78 Å². The first kappa shape index (κ1) is 21.3. The molecule has 1 aliphatic carbocycles. The van der Waals surface area contributed by atoms with E-state index < -0.39 is 17.9 Å². The Balaban J connectivity index is 1.29. The van der Waals surface area contributed by atoms with Crippen LogP contribution in [0, 0.1) is 0 Å². The van der Waals surface area contributed by atoms with Crippen molar-refractivity contribution in [1.29, 1.82) is 0 Å². The number of nitrogens with zero attached hydrogens (tertiary/aromatic N) is 2. The summed E-state index contributed by atoms with van der Waals surface area (Å²) in [5, 5.41) is 2.30. The van der Waals surface area contributed by atoms with Crippen LogP contribution >= 0.6 is 0 Å². The number of carbonyl (C=O) groups excluding carboxylic acids is 3. The number of nitrogens with one attached hydrogen (secondary N) is 1. The first-order valence-corrected chi connectivity index (χ1v) is 11.4. The fourth-order valence-electron chi connectivity index (χ4n) is 5.48. The van der Waals surface area contributed by atoms with Crippen molar-refractivity contribution >= 4 is 17.7 Å². The predicted molar refractivity (Wildman–Crippen MR) is 110 cm³/mol. The maximum atomic E-state index is 13.8. The molecule has 0 aromatic heterocycles. The Labute approximate surface area is 185 Å². The molecule has 1 N–H and O–H groups in total. The number of hydrogen-bond acceptors (Lipinski definition) is 5. The van der Waals surface area contributed by atoms with Gasteiger partial charge in [0.2, 0.25) is 11.8 Å². The number of likely N-dealkylation sites (tertiary alicyclic amines) is 1. The van der Waals surface area contributed by atoms with Crippen LogP contribution in [-0.2, 0) is 16.1 Å². The number of benzene rings is 1. The van der Waals surface area contributed by atoms with Gasteiger partial charge in [-0.2, -0.15) is 0 Å². The minimum atomic E-state index is -2.63. The fourth-order valence-corrected chi connectivity index (χ4v) is 5.48. The highest BCUT2D eigenvalue weighted by Gasteiger charge is 2.44. The van der Waals surface area contributed by atoms with Gasteiger partial charge in [0.25, 0.3) is 11.8 Å². The molecule has 3 aliphatic heterocycles. The van der Waals surface area contributed by atoms with Crippen molar-refractivity contribution in [3.05, 3.63) is 29.3 Å². The number of fused-ring (bicyclic) bond motifs is 1. The molecule has 1 saturated carbocycles. The van der Waals surface area contributed by atoms with Crippen molar-refractivity contribution in [3.8, 4) is 5.75 Å². The van der Waals surface area contributed by atoms with Gasteiger partial charge in [-0.15, -0.1) is 0 Å². The van der Waals surface area contributed by atoms with Crippen LogP contribution in [0.5, 0.6) is 5.75 Å². The first-order chi connectivity index (χ1) is 15.3. The maximum absolute atomic E-state index is 13.8. The number of alkyl halides is 2. The van der Waals surface area contributed by atoms with Crippen LogP contribution in [0.15, 0.2) is 18.2 Å². The van der Waals surface area contributed by atoms with E-state index in [1.807, 2.05) is 11.0 Å². The van der Waals surface area contributed by atoms with Crippen LogP contribution in [0.2, 0.25) is 0 Å². The van der Waals surface area contributed by atoms with Gasteiger partial charge >= 0.3 is 0 Å². The molecule has 4 aliphatic rings. The van der Waals surface area contributed by atoms with E-state index in [1.54, 1.807) is 12.1 Å². The second-order valence-corrected chi connectivity index (χ2v) is 9.30. The number of amides is 3. The van der Waals surface area contributed by atoms with Gasteiger partial charge in [0.15, 0.2) is 0 Å². The molecule has 32 heavy (non-hydrogen) atoms. The topological polar surface area (TPSA) is 79.0 Å². The van der Waals surface area contributed by atoms with Gasteiger partial charge in [-0.1, -0.05) is 6.42 Å². The Kier molecular flexibility index (Phi) is 5.39. The number of halogens is 2. The smallest absolute Gasteiger partial charge is 0.261 e. The zero-order valence-corrected chi connectivity index (χ0v) is 17.8. The highest BCUT2D eigenvalue weighted by molar-refractivity contribution is 6.05. The quantitative estimate of drug-likeness (QED) is 0.718. The van der Waals surface area contributed by atoms with Gasteiger partial charge in [0, 0.05) is 37.5 Å². The van der Waals surface area contributed by atoms with E-state index >= 15 is 0 Å². The molecular formula is C23H27F2N3O4. The van der Waals surface area contributed by atoms with Gasteiger partial charge in [-0.05, 0) is 49.4 Å². The molecule has 0 radical (unpaired) electrons. The Morgan fingerprint density at radius 2 is 1.91 bits per heavy atom. The average Bonchev–Trinajstić information content (AvgIpc) is 3.27. The SMILES string of the molecule is O=C1CCC(N2Cc3cc(OC4CCCC[C@@H]4N4CCC(F)(F)C4)ccc3C2=O)C(=O)N1. The molecule has 2 saturated heterocycles. The molecule has 172 valence electrons. The zero-order chi connectivity index (χ0) is 22.5. The molecule has 3 amide bonds. The molecule has 5 rings (SSSR count). The van der Waals surface area contributed by atoms with Gasteiger partial charge in [0.05, 0.1) is 6.54 Å². The van der Waals surface area contributed by atoms with Crippen molar-refractivity contribution in [2.75, 3.05) is 13.1 Å². The van der Waals surface area contributed by atoms with Gasteiger partial charge < -0.3 is 9.64 Å². The molecule has 0 bridgehead atoms. The Morgan fingerprint density at radius 3 is 2.66 bits per heavy atom. The summed E-state index contributed by atoms with van der Waals surface area (Å²) in [6.07, 6.45) is 3.91. The van der Waals surface area contributed by atoms with E-state index in [4.69, 9.17) is 4.74 Å². The van der Waals surface area contributed by atoms with Gasteiger partial charge in [0.1, 0.15) is 17.9 Å². The van der Waals surface area contributed by atoms with E-state index in [0.29, 0.717) is 24.3 Å². The van der Waals surface area contributed by atoms with Crippen LogP contribution in [0.1, 0.15) is 60.9 Å². The van der Waals surface area contributed by atoms with Crippen molar-refractivity contribution in [2.45, 2.75) is 75.6 Å². The number of imide groups is 1. The van der Waals surface area contributed by atoms with Crippen molar-refractivity contribution in [3.63, 3.8) is 0 Å². The molecule has 0 spiro atoms. The Bertz CT molecular complexity index is 953. The van der Waals surface area contributed by atoms with Crippen LogP contribution in [-0.4, -0.2) is 64.7 Å². The van der Waals surface area contributed by atoms with E-state index in [2.05, 4.69) is 5.32 Å². The Morgan fingerprint density at radius 1 is 1.09 bits per heavy atom.